The van der Waals surface area contributed by atoms with E-state index >= 15 is 0 Å². The van der Waals surface area contributed by atoms with Gasteiger partial charge in [0.15, 0.2) is 11.6 Å². The van der Waals surface area contributed by atoms with Gasteiger partial charge >= 0.3 is 0 Å². The Kier molecular flexibility index (Phi) is 9.46. The molecule has 0 spiro atoms. The Morgan fingerprint density at radius 1 is 0.902 bits per heavy atom. The van der Waals surface area contributed by atoms with Crippen LogP contribution in [0.3, 0.4) is 0 Å². The van der Waals surface area contributed by atoms with Gasteiger partial charge < -0.3 is 14.6 Å². The molecule has 0 saturated carbocycles. The zero-order valence-corrected chi connectivity index (χ0v) is 24.1. The number of aliphatic hydroxyl groups is 1. The second kappa shape index (κ2) is 13.6. The molecule has 0 unspecified atom stereocenters. The highest BCUT2D eigenvalue weighted by Gasteiger charge is 2.53. The number of hydrogen-bond acceptors (Lipinski definition) is 6. The fourth-order valence-corrected chi connectivity index (χ4v) is 5.02. The first-order chi connectivity index (χ1) is 20.1. The summed E-state index contributed by atoms with van der Waals surface area (Å²) in [5, 5.41) is 9.03. The fourth-order valence-electron chi connectivity index (χ4n) is 4.76. The number of ether oxygens (including phenoxy) is 2. The fraction of sp³-hybridized carbons (Fsp3) is 0.212. The normalized spacial score (nSPS) is 17.9. The smallest absolute Gasteiger partial charge is 0.266 e. The SMILES string of the molecule is O=C(NNCc1ccccc1)[C@@]1(Cc2ccccc2)N=C(c2ccc(OCCCO)cc2)O[C@H]1c1ccc(Br)cc1. The second-order valence-electron chi connectivity index (χ2n) is 9.80. The lowest BCUT2D eigenvalue weighted by Gasteiger charge is -2.31. The van der Waals surface area contributed by atoms with Gasteiger partial charge in [-0.25, -0.2) is 10.4 Å². The van der Waals surface area contributed by atoms with E-state index in [1.54, 1.807) is 0 Å². The molecule has 4 aromatic carbocycles. The Hall–Kier alpha value is -3.98. The van der Waals surface area contributed by atoms with E-state index in [-0.39, 0.29) is 12.5 Å². The molecule has 41 heavy (non-hydrogen) atoms. The van der Waals surface area contributed by atoms with Gasteiger partial charge in [-0.15, -0.1) is 0 Å². The maximum absolute atomic E-state index is 14.2. The van der Waals surface area contributed by atoms with E-state index < -0.39 is 11.6 Å². The van der Waals surface area contributed by atoms with Crippen molar-refractivity contribution in [3.8, 4) is 5.75 Å². The third-order valence-electron chi connectivity index (χ3n) is 6.86. The highest BCUT2D eigenvalue weighted by atomic mass is 79.9. The van der Waals surface area contributed by atoms with Crippen LogP contribution in [0.15, 0.2) is 119 Å². The highest BCUT2D eigenvalue weighted by Crippen LogP contribution is 2.42. The van der Waals surface area contributed by atoms with E-state index in [2.05, 4.69) is 26.8 Å². The average molecular weight is 615 g/mol. The summed E-state index contributed by atoms with van der Waals surface area (Å²) in [6.45, 7) is 0.966. The van der Waals surface area contributed by atoms with E-state index in [0.29, 0.717) is 37.6 Å². The number of benzene rings is 4. The van der Waals surface area contributed by atoms with Crippen LogP contribution >= 0.6 is 15.9 Å². The van der Waals surface area contributed by atoms with Crippen LogP contribution < -0.4 is 15.6 Å². The van der Waals surface area contributed by atoms with Crippen molar-refractivity contribution < 1.29 is 19.4 Å². The number of nitrogens with one attached hydrogen (secondary N) is 2. The molecule has 210 valence electrons. The number of aliphatic hydroxyl groups excluding tert-OH is 1. The molecule has 0 saturated heterocycles. The number of carbonyl (C=O) groups is 1. The van der Waals surface area contributed by atoms with E-state index in [1.807, 2.05) is 109 Å². The molecule has 1 aliphatic heterocycles. The van der Waals surface area contributed by atoms with Crippen LogP contribution in [0.2, 0.25) is 0 Å². The quantitative estimate of drug-likeness (QED) is 0.144. The summed E-state index contributed by atoms with van der Waals surface area (Å²) in [4.78, 5) is 19.2. The Morgan fingerprint density at radius 2 is 1.56 bits per heavy atom. The van der Waals surface area contributed by atoms with Crippen LogP contribution in [0.5, 0.6) is 5.75 Å². The van der Waals surface area contributed by atoms with Gasteiger partial charge in [-0.3, -0.25) is 10.2 Å². The predicted molar refractivity (Wildman–Crippen MR) is 162 cm³/mol. The summed E-state index contributed by atoms with van der Waals surface area (Å²) in [6.07, 6.45) is 0.214. The number of hydrogen-bond donors (Lipinski definition) is 3. The van der Waals surface area contributed by atoms with Gasteiger partial charge in [-0.1, -0.05) is 88.7 Å². The molecule has 0 aliphatic carbocycles. The standard InChI is InChI=1S/C33H32BrN3O4/c34-28-16-12-26(13-17-28)30-33(22-24-8-3-1-4-9-24,32(39)37-35-23-25-10-5-2-6-11-25)36-31(41-30)27-14-18-29(19-15-27)40-21-7-20-38/h1-6,8-19,30,35,38H,7,20-23H2,(H,37,39)/t30-,33-/m0/s1. The van der Waals surface area contributed by atoms with Crippen LogP contribution in [-0.2, 0) is 22.5 Å². The molecule has 1 aliphatic rings. The summed E-state index contributed by atoms with van der Waals surface area (Å²) in [5.41, 5.74) is 8.32. The first-order valence-electron chi connectivity index (χ1n) is 13.5. The van der Waals surface area contributed by atoms with Gasteiger partial charge in [0.05, 0.1) is 6.61 Å². The number of amides is 1. The zero-order valence-electron chi connectivity index (χ0n) is 22.5. The molecule has 3 N–H and O–H groups in total. The first kappa shape index (κ1) is 28.5. The number of nitrogens with zero attached hydrogens (tertiary/aromatic N) is 1. The van der Waals surface area contributed by atoms with Crippen LogP contribution in [-0.4, -0.2) is 35.7 Å². The molecule has 1 amide bonds. The van der Waals surface area contributed by atoms with Gasteiger partial charge in [-0.2, -0.15) is 0 Å². The van der Waals surface area contributed by atoms with Crippen molar-refractivity contribution in [2.75, 3.05) is 13.2 Å². The Labute approximate surface area is 248 Å². The molecule has 0 aromatic heterocycles. The lowest BCUT2D eigenvalue weighted by atomic mass is 9.82. The van der Waals surface area contributed by atoms with Crippen molar-refractivity contribution in [1.29, 1.82) is 0 Å². The van der Waals surface area contributed by atoms with Crippen molar-refractivity contribution in [1.82, 2.24) is 10.9 Å². The minimum absolute atomic E-state index is 0.0753. The Bertz CT molecular complexity index is 1450. The van der Waals surface area contributed by atoms with Crippen molar-refractivity contribution in [3.63, 3.8) is 0 Å². The lowest BCUT2D eigenvalue weighted by molar-refractivity contribution is -0.130. The average Bonchev–Trinajstić information content (AvgIpc) is 3.39. The number of aliphatic imine (C=N–C) groups is 1. The minimum atomic E-state index is -1.29. The lowest BCUT2D eigenvalue weighted by Crippen LogP contribution is -2.53. The van der Waals surface area contributed by atoms with E-state index in [1.165, 1.54) is 0 Å². The van der Waals surface area contributed by atoms with Gasteiger partial charge in [0.1, 0.15) is 5.75 Å². The number of hydrazine groups is 1. The Balaban J connectivity index is 1.50. The molecule has 1 heterocycles. The number of rotatable bonds is 12. The summed E-state index contributed by atoms with van der Waals surface area (Å²) in [6, 6.07) is 34.9. The molecule has 7 nitrogen and oxygen atoms in total. The molecule has 2 atom stereocenters. The van der Waals surface area contributed by atoms with Crippen molar-refractivity contribution in [2.45, 2.75) is 31.0 Å². The van der Waals surface area contributed by atoms with Gasteiger partial charge in [0.2, 0.25) is 5.90 Å². The van der Waals surface area contributed by atoms with E-state index in [9.17, 15) is 4.79 Å². The molecule has 0 bridgehead atoms. The third-order valence-corrected chi connectivity index (χ3v) is 7.39. The van der Waals surface area contributed by atoms with Crippen LogP contribution in [0.25, 0.3) is 0 Å². The maximum atomic E-state index is 14.2. The molecule has 4 aromatic rings. The zero-order chi connectivity index (χ0) is 28.5. The van der Waals surface area contributed by atoms with Crippen molar-refractivity contribution in [3.05, 3.63) is 136 Å². The molecule has 0 fully saturated rings. The first-order valence-corrected chi connectivity index (χ1v) is 14.3. The minimum Gasteiger partial charge on any atom is -0.494 e. The topological polar surface area (TPSA) is 92.2 Å². The summed E-state index contributed by atoms with van der Waals surface area (Å²) in [5.74, 6) is 0.779. The van der Waals surface area contributed by atoms with Crippen molar-refractivity contribution >= 4 is 27.7 Å². The van der Waals surface area contributed by atoms with Crippen LogP contribution in [0.1, 0.15) is 34.8 Å². The molecule has 5 rings (SSSR count). The second-order valence-corrected chi connectivity index (χ2v) is 10.7. The van der Waals surface area contributed by atoms with E-state index in [4.69, 9.17) is 19.6 Å². The van der Waals surface area contributed by atoms with Gasteiger partial charge in [0, 0.05) is 36.0 Å². The monoisotopic (exact) mass is 613 g/mol. The predicted octanol–water partition coefficient (Wildman–Crippen LogP) is 5.53. The number of carbonyl (C=O) groups excluding carboxylic acids is 1. The highest BCUT2D eigenvalue weighted by molar-refractivity contribution is 9.10. The summed E-state index contributed by atoms with van der Waals surface area (Å²) < 4.78 is 13.2. The summed E-state index contributed by atoms with van der Waals surface area (Å²) >= 11 is 3.51. The molecular formula is C33H32BrN3O4. The van der Waals surface area contributed by atoms with E-state index in [0.717, 1.165) is 26.7 Å². The largest absolute Gasteiger partial charge is 0.494 e. The molecular weight excluding hydrogens is 582 g/mol. The van der Waals surface area contributed by atoms with Crippen LogP contribution in [0, 0.1) is 0 Å². The van der Waals surface area contributed by atoms with Crippen molar-refractivity contribution in [2.24, 2.45) is 4.99 Å². The summed E-state index contributed by atoms with van der Waals surface area (Å²) in [7, 11) is 0. The molecule has 8 heteroatoms. The molecule has 0 radical (unpaired) electrons. The Morgan fingerprint density at radius 3 is 2.22 bits per heavy atom. The van der Waals surface area contributed by atoms with Crippen LogP contribution in [0.4, 0.5) is 0 Å². The maximum Gasteiger partial charge on any atom is 0.266 e. The van der Waals surface area contributed by atoms with Gasteiger partial charge in [-0.05, 0) is 53.1 Å². The number of halogens is 1. The third kappa shape index (κ3) is 7.03. The van der Waals surface area contributed by atoms with Gasteiger partial charge in [0.25, 0.3) is 5.91 Å².